The molecule has 0 aliphatic carbocycles. The highest BCUT2D eigenvalue weighted by molar-refractivity contribution is 7.89. The Balaban J connectivity index is 2.21. The van der Waals surface area contributed by atoms with E-state index in [1.54, 1.807) is 0 Å². The Bertz CT molecular complexity index is 586. The Labute approximate surface area is 129 Å². The summed E-state index contributed by atoms with van der Waals surface area (Å²) in [7, 11) is -3.71. The second-order valence-corrected chi connectivity index (χ2v) is 7.12. The summed E-state index contributed by atoms with van der Waals surface area (Å²) in [6, 6.07) is 3.68. The third-order valence-electron chi connectivity index (χ3n) is 3.59. The van der Waals surface area contributed by atoms with Crippen molar-refractivity contribution in [3.63, 3.8) is 0 Å². The molecule has 0 unspecified atom stereocenters. The molecule has 1 aliphatic heterocycles. The van der Waals surface area contributed by atoms with E-state index in [4.69, 9.17) is 16.3 Å². The van der Waals surface area contributed by atoms with Gasteiger partial charge >= 0.3 is 0 Å². The largest absolute Gasteiger partial charge is 0.378 e. The summed E-state index contributed by atoms with van der Waals surface area (Å²) in [5.41, 5.74) is 0.421. The molecule has 1 aliphatic rings. The number of nitrogens with zero attached hydrogens (tertiary/aromatic N) is 1. The molecule has 0 spiro atoms. The van der Waals surface area contributed by atoms with Crippen LogP contribution in [0.1, 0.15) is 25.3 Å². The minimum atomic E-state index is -3.71. The molecular weight excluding hydrogens is 317 g/mol. The number of halogens is 2. The molecule has 0 atom stereocenters. The molecular formula is C14H19ClFNO3S. The van der Waals surface area contributed by atoms with Crippen LogP contribution in [0.2, 0.25) is 0 Å². The van der Waals surface area contributed by atoms with Crippen LogP contribution in [0.3, 0.4) is 0 Å². The van der Waals surface area contributed by atoms with Crippen LogP contribution in [0.15, 0.2) is 23.1 Å². The fourth-order valence-electron chi connectivity index (χ4n) is 2.49. The Kier molecular flexibility index (Phi) is 5.60. The van der Waals surface area contributed by atoms with Crippen LogP contribution in [-0.2, 0) is 20.6 Å². The van der Waals surface area contributed by atoms with Crippen LogP contribution in [0.25, 0.3) is 0 Å². The number of hydrogen-bond acceptors (Lipinski definition) is 3. The lowest BCUT2D eigenvalue weighted by molar-refractivity contribution is 0.0290. The van der Waals surface area contributed by atoms with Gasteiger partial charge in [0.2, 0.25) is 10.0 Å². The van der Waals surface area contributed by atoms with Gasteiger partial charge in [0.15, 0.2) is 0 Å². The maximum absolute atomic E-state index is 13.4. The molecule has 1 fully saturated rings. The highest BCUT2D eigenvalue weighted by atomic mass is 35.5. The van der Waals surface area contributed by atoms with E-state index in [1.807, 2.05) is 6.92 Å². The predicted molar refractivity (Wildman–Crippen MR) is 79.4 cm³/mol. The molecule has 21 heavy (non-hydrogen) atoms. The number of benzene rings is 1. The van der Waals surface area contributed by atoms with Crippen LogP contribution in [0.4, 0.5) is 4.39 Å². The van der Waals surface area contributed by atoms with Crippen molar-refractivity contribution in [1.82, 2.24) is 4.31 Å². The summed E-state index contributed by atoms with van der Waals surface area (Å²) in [6.07, 6.45) is 1.40. The van der Waals surface area contributed by atoms with Gasteiger partial charge in [-0.1, -0.05) is 6.07 Å². The van der Waals surface area contributed by atoms with Crippen molar-refractivity contribution in [1.29, 1.82) is 0 Å². The summed E-state index contributed by atoms with van der Waals surface area (Å²) in [4.78, 5) is -0.0349. The van der Waals surface area contributed by atoms with E-state index in [1.165, 1.54) is 16.4 Å². The number of alkyl halides is 1. The van der Waals surface area contributed by atoms with Crippen LogP contribution in [0.5, 0.6) is 0 Å². The second kappa shape index (κ2) is 7.05. The van der Waals surface area contributed by atoms with Gasteiger partial charge < -0.3 is 4.74 Å². The summed E-state index contributed by atoms with van der Waals surface area (Å²) in [6.45, 7) is 3.30. The van der Waals surface area contributed by atoms with E-state index >= 15 is 0 Å². The van der Waals surface area contributed by atoms with Crippen molar-refractivity contribution in [2.24, 2.45) is 0 Å². The van der Waals surface area contributed by atoms with E-state index in [0.29, 0.717) is 38.1 Å². The molecule has 118 valence electrons. The standard InChI is InChI=1S/C14H19ClFNO3S/c1-2-20-13-5-7-17(8-6-13)21(18,19)14-9-12(16)4-3-11(14)10-15/h3-4,9,13H,2,5-8,10H2,1H3. The van der Waals surface area contributed by atoms with Crippen molar-refractivity contribution in [3.05, 3.63) is 29.6 Å². The minimum Gasteiger partial charge on any atom is -0.378 e. The summed E-state index contributed by atoms with van der Waals surface area (Å²) in [5, 5.41) is 0. The second-order valence-electron chi connectivity index (χ2n) is 4.94. The van der Waals surface area contributed by atoms with E-state index in [-0.39, 0.29) is 16.9 Å². The number of ether oxygens (including phenoxy) is 1. The first-order chi connectivity index (χ1) is 9.98. The molecule has 0 radical (unpaired) electrons. The minimum absolute atomic E-state index is 0.0320. The lowest BCUT2D eigenvalue weighted by Crippen LogP contribution is -2.41. The van der Waals surface area contributed by atoms with Crippen LogP contribution < -0.4 is 0 Å². The van der Waals surface area contributed by atoms with E-state index in [9.17, 15) is 12.8 Å². The first kappa shape index (κ1) is 16.7. The first-order valence-corrected chi connectivity index (χ1v) is 8.92. The molecule has 7 heteroatoms. The van der Waals surface area contributed by atoms with E-state index < -0.39 is 15.8 Å². The normalized spacial score (nSPS) is 18.0. The lowest BCUT2D eigenvalue weighted by Gasteiger charge is -2.31. The highest BCUT2D eigenvalue weighted by Crippen LogP contribution is 2.26. The van der Waals surface area contributed by atoms with Crippen LogP contribution in [-0.4, -0.2) is 38.5 Å². The third-order valence-corrected chi connectivity index (χ3v) is 5.86. The quantitative estimate of drug-likeness (QED) is 0.777. The van der Waals surface area contributed by atoms with Crippen molar-refractivity contribution in [3.8, 4) is 0 Å². The van der Waals surface area contributed by atoms with Gasteiger partial charge in [-0.3, -0.25) is 0 Å². The predicted octanol–water partition coefficient (Wildman–Crippen LogP) is 2.75. The molecule has 1 aromatic carbocycles. The molecule has 0 amide bonds. The topological polar surface area (TPSA) is 46.6 Å². The Morgan fingerprint density at radius 1 is 1.38 bits per heavy atom. The Morgan fingerprint density at radius 3 is 2.62 bits per heavy atom. The fourth-order valence-corrected chi connectivity index (χ4v) is 4.51. The summed E-state index contributed by atoms with van der Waals surface area (Å²) < 4.78 is 45.6. The van der Waals surface area contributed by atoms with Crippen LogP contribution in [0, 0.1) is 5.82 Å². The monoisotopic (exact) mass is 335 g/mol. The number of hydrogen-bond donors (Lipinski definition) is 0. The molecule has 0 saturated carbocycles. The molecule has 1 aromatic rings. The smallest absolute Gasteiger partial charge is 0.243 e. The maximum atomic E-state index is 13.4. The SMILES string of the molecule is CCOC1CCN(S(=O)(=O)c2cc(F)ccc2CCl)CC1. The van der Waals surface area contributed by atoms with Gasteiger partial charge in [0.25, 0.3) is 0 Å². The molecule has 2 rings (SSSR count). The van der Waals surface area contributed by atoms with E-state index in [2.05, 4.69) is 0 Å². The van der Waals surface area contributed by atoms with Crippen molar-refractivity contribution in [2.75, 3.05) is 19.7 Å². The van der Waals surface area contributed by atoms with Crippen LogP contribution >= 0.6 is 11.6 Å². The zero-order valence-corrected chi connectivity index (χ0v) is 13.5. The average Bonchev–Trinajstić information content (AvgIpc) is 2.48. The van der Waals surface area contributed by atoms with Gasteiger partial charge in [0.05, 0.1) is 11.0 Å². The zero-order chi connectivity index (χ0) is 15.5. The van der Waals surface area contributed by atoms with Gasteiger partial charge in [0, 0.05) is 25.6 Å². The van der Waals surface area contributed by atoms with Gasteiger partial charge in [0.1, 0.15) is 5.82 Å². The molecule has 1 saturated heterocycles. The van der Waals surface area contributed by atoms with E-state index in [0.717, 1.165) is 6.07 Å². The number of piperidine rings is 1. The Morgan fingerprint density at radius 2 is 2.05 bits per heavy atom. The number of rotatable bonds is 5. The number of sulfonamides is 1. The van der Waals surface area contributed by atoms with Gasteiger partial charge in [-0.2, -0.15) is 4.31 Å². The average molecular weight is 336 g/mol. The summed E-state index contributed by atoms with van der Waals surface area (Å²) in [5.74, 6) is -0.545. The van der Waals surface area contributed by atoms with Gasteiger partial charge in [-0.05, 0) is 37.5 Å². The first-order valence-electron chi connectivity index (χ1n) is 6.95. The van der Waals surface area contributed by atoms with Gasteiger partial charge in [-0.25, -0.2) is 12.8 Å². The lowest BCUT2D eigenvalue weighted by atomic mass is 10.1. The zero-order valence-electron chi connectivity index (χ0n) is 11.9. The Hall–Kier alpha value is -0.690. The van der Waals surface area contributed by atoms with Gasteiger partial charge in [-0.15, -0.1) is 11.6 Å². The maximum Gasteiger partial charge on any atom is 0.243 e. The van der Waals surface area contributed by atoms with Crippen molar-refractivity contribution in [2.45, 2.75) is 36.6 Å². The van der Waals surface area contributed by atoms with Crippen molar-refractivity contribution >= 4 is 21.6 Å². The molecule has 0 N–H and O–H groups in total. The highest BCUT2D eigenvalue weighted by Gasteiger charge is 2.31. The fraction of sp³-hybridized carbons (Fsp3) is 0.571. The summed E-state index contributed by atoms with van der Waals surface area (Å²) >= 11 is 5.77. The molecule has 0 bridgehead atoms. The molecule has 0 aromatic heterocycles. The molecule has 1 heterocycles. The third kappa shape index (κ3) is 3.74. The van der Waals surface area contributed by atoms with Crippen molar-refractivity contribution < 1.29 is 17.5 Å². The molecule has 4 nitrogen and oxygen atoms in total.